The highest BCUT2D eigenvalue weighted by molar-refractivity contribution is 9.10. The maximum absolute atomic E-state index is 5.91. The summed E-state index contributed by atoms with van der Waals surface area (Å²) in [5.41, 5.74) is 2.33. The monoisotopic (exact) mass is 334 g/mol. The SMILES string of the molecule is CCCNc1cc(Oc2cc(C)c(Br)c(C)c2)ccn1. The van der Waals surface area contributed by atoms with Gasteiger partial charge in [-0.05, 0) is 49.6 Å². The molecule has 1 aromatic carbocycles. The Labute approximate surface area is 128 Å². The number of ether oxygens (including phenoxy) is 1. The fourth-order valence-corrected chi connectivity index (χ4v) is 2.15. The number of aromatic nitrogens is 1. The summed E-state index contributed by atoms with van der Waals surface area (Å²) in [7, 11) is 0. The van der Waals surface area contributed by atoms with E-state index in [-0.39, 0.29) is 0 Å². The minimum absolute atomic E-state index is 0.791. The van der Waals surface area contributed by atoms with E-state index >= 15 is 0 Å². The van der Waals surface area contributed by atoms with Crippen LogP contribution in [0.1, 0.15) is 24.5 Å². The van der Waals surface area contributed by atoms with Crippen LogP contribution in [-0.4, -0.2) is 11.5 Å². The highest BCUT2D eigenvalue weighted by atomic mass is 79.9. The minimum Gasteiger partial charge on any atom is -0.457 e. The summed E-state index contributed by atoms with van der Waals surface area (Å²) in [6, 6.07) is 7.83. The van der Waals surface area contributed by atoms with Gasteiger partial charge >= 0.3 is 0 Å². The highest BCUT2D eigenvalue weighted by Crippen LogP contribution is 2.29. The average molecular weight is 335 g/mol. The van der Waals surface area contributed by atoms with Crippen LogP contribution in [0.3, 0.4) is 0 Å². The van der Waals surface area contributed by atoms with Crippen LogP contribution < -0.4 is 10.1 Å². The number of benzene rings is 1. The van der Waals surface area contributed by atoms with Gasteiger partial charge in [-0.15, -0.1) is 0 Å². The number of aryl methyl sites for hydroxylation is 2. The molecule has 0 saturated carbocycles. The van der Waals surface area contributed by atoms with Gasteiger partial charge in [0.1, 0.15) is 17.3 Å². The zero-order valence-corrected chi connectivity index (χ0v) is 13.6. The number of anilines is 1. The standard InChI is InChI=1S/C16H19BrN2O/c1-4-6-18-15-10-13(5-7-19-15)20-14-8-11(2)16(17)12(3)9-14/h5,7-10H,4,6H2,1-3H3,(H,18,19). The number of hydrogen-bond acceptors (Lipinski definition) is 3. The van der Waals surface area contributed by atoms with Gasteiger partial charge in [0.25, 0.3) is 0 Å². The van der Waals surface area contributed by atoms with Crippen molar-refractivity contribution >= 4 is 21.7 Å². The van der Waals surface area contributed by atoms with Crippen LogP contribution >= 0.6 is 15.9 Å². The van der Waals surface area contributed by atoms with Gasteiger partial charge < -0.3 is 10.1 Å². The van der Waals surface area contributed by atoms with Gasteiger partial charge in [0, 0.05) is 23.3 Å². The molecular formula is C16H19BrN2O. The second kappa shape index (κ2) is 6.75. The smallest absolute Gasteiger partial charge is 0.132 e. The summed E-state index contributed by atoms with van der Waals surface area (Å²) < 4.78 is 7.04. The molecule has 0 atom stereocenters. The Hall–Kier alpha value is -1.55. The third kappa shape index (κ3) is 3.73. The first-order valence-corrected chi connectivity index (χ1v) is 7.54. The first-order chi connectivity index (χ1) is 9.60. The van der Waals surface area contributed by atoms with Crippen molar-refractivity contribution in [3.8, 4) is 11.5 Å². The number of nitrogens with zero attached hydrogens (tertiary/aromatic N) is 1. The molecule has 0 bridgehead atoms. The van der Waals surface area contributed by atoms with E-state index < -0.39 is 0 Å². The molecule has 1 N–H and O–H groups in total. The maximum atomic E-state index is 5.91. The van der Waals surface area contributed by atoms with E-state index in [0.717, 1.165) is 34.8 Å². The van der Waals surface area contributed by atoms with E-state index in [1.165, 1.54) is 11.1 Å². The third-order valence-corrected chi connectivity index (χ3v) is 4.18. The molecule has 0 fully saturated rings. The van der Waals surface area contributed by atoms with Crippen molar-refractivity contribution in [2.24, 2.45) is 0 Å². The van der Waals surface area contributed by atoms with Crippen LogP contribution in [0.15, 0.2) is 34.9 Å². The lowest BCUT2D eigenvalue weighted by molar-refractivity contribution is 0.481. The molecule has 0 spiro atoms. The normalized spacial score (nSPS) is 10.4. The molecule has 106 valence electrons. The lowest BCUT2D eigenvalue weighted by Gasteiger charge is -2.11. The van der Waals surface area contributed by atoms with Crippen molar-refractivity contribution in [1.29, 1.82) is 0 Å². The van der Waals surface area contributed by atoms with E-state index in [2.05, 4.69) is 47.0 Å². The van der Waals surface area contributed by atoms with Crippen LogP contribution in [0, 0.1) is 13.8 Å². The number of nitrogens with one attached hydrogen (secondary N) is 1. The number of pyridine rings is 1. The van der Waals surface area contributed by atoms with Crippen molar-refractivity contribution < 1.29 is 4.74 Å². The summed E-state index contributed by atoms with van der Waals surface area (Å²) in [5, 5.41) is 3.25. The molecular weight excluding hydrogens is 316 g/mol. The van der Waals surface area contributed by atoms with Gasteiger partial charge in [0.2, 0.25) is 0 Å². The highest BCUT2D eigenvalue weighted by Gasteiger charge is 2.05. The molecule has 2 aromatic rings. The second-order valence-electron chi connectivity index (χ2n) is 4.78. The summed E-state index contributed by atoms with van der Waals surface area (Å²) in [6.07, 6.45) is 2.82. The largest absolute Gasteiger partial charge is 0.457 e. The maximum Gasteiger partial charge on any atom is 0.132 e. The molecule has 4 heteroatoms. The quantitative estimate of drug-likeness (QED) is 0.828. The zero-order chi connectivity index (χ0) is 14.5. The average Bonchev–Trinajstić information content (AvgIpc) is 2.43. The topological polar surface area (TPSA) is 34.1 Å². The van der Waals surface area contributed by atoms with Gasteiger partial charge in [0.05, 0.1) is 0 Å². The Kier molecular flexibility index (Phi) is 5.01. The fourth-order valence-electron chi connectivity index (χ4n) is 1.93. The molecule has 0 aliphatic carbocycles. The molecule has 1 heterocycles. The molecule has 3 nitrogen and oxygen atoms in total. The molecule has 20 heavy (non-hydrogen) atoms. The van der Waals surface area contributed by atoms with Crippen molar-refractivity contribution in [2.75, 3.05) is 11.9 Å². The summed E-state index contributed by atoms with van der Waals surface area (Å²) >= 11 is 3.56. The van der Waals surface area contributed by atoms with Crippen LogP contribution in [0.2, 0.25) is 0 Å². The lowest BCUT2D eigenvalue weighted by atomic mass is 10.1. The number of halogens is 1. The fraction of sp³-hybridized carbons (Fsp3) is 0.312. The van der Waals surface area contributed by atoms with Gasteiger partial charge in [-0.1, -0.05) is 22.9 Å². The van der Waals surface area contributed by atoms with Crippen molar-refractivity contribution in [1.82, 2.24) is 4.98 Å². The Morgan fingerprint density at radius 1 is 1.15 bits per heavy atom. The third-order valence-electron chi connectivity index (χ3n) is 2.93. The van der Waals surface area contributed by atoms with Crippen LogP contribution in [0.25, 0.3) is 0 Å². The van der Waals surface area contributed by atoms with E-state index in [9.17, 15) is 0 Å². The Morgan fingerprint density at radius 3 is 2.50 bits per heavy atom. The number of hydrogen-bond donors (Lipinski definition) is 1. The minimum atomic E-state index is 0.791. The summed E-state index contributed by atoms with van der Waals surface area (Å²) in [6.45, 7) is 7.16. The van der Waals surface area contributed by atoms with Crippen molar-refractivity contribution in [3.05, 3.63) is 46.1 Å². The van der Waals surface area contributed by atoms with E-state index in [1.54, 1.807) is 6.20 Å². The first-order valence-electron chi connectivity index (χ1n) is 6.74. The van der Waals surface area contributed by atoms with Gasteiger partial charge in [-0.3, -0.25) is 0 Å². The molecule has 0 radical (unpaired) electrons. The second-order valence-corrected chi connectivity index (χ2v) is 5.57. The van der Waals surface area contributed by atoms with Crippen molar-refractivity contribution in [2.45, 2.75) is 27.2 Å². The molecule has 2 rings (SSSR count). The Balaban J connectivity index is 2.17. The summed E-state index contributed by atoms with van der Waals surface area (Å²) in [5.74, 6) is 2.48. The summed E-state index contributed by atoms with van der Waals surface area (Å²) in [4.78, 5) is 4.27. The molecule has 0 aliphatic heterocycles. The molecule has 0 saturated heterocycles. The molecule has 1 aromatic heterocycles. The predicted octanol–water partition coefficient (Wildman–Crippen LogP) is 5.08. The number of rotatable bonds is 5. The Bertz CT molecular complexity index is 576. The first kappa shape index (κ1) is 14.9. The van der Waals surface area contributed by atoms with E-state index in [1.807, 2.05) is 24.3 Å². The van der Waals surface area contributed by atoms with Crippen molar-refractivity contribution in [3.63, 3.8) is 0 Å². The van der Waals surface area contributed by atoms with E-state index in [4.69, 9.17) is 4.74 Å². The van der Waals surface area contributed by atoms with Gasteiger partial charge in [-0.2, -0.15) is 0 Å². The predicted molar refractivity (Wildman–Crippen MR) is 86.7 cm³/mol. The van der Waals surface area contributed by atoms with Gasteiger partial charge in [-0.25, -0.2) is 4.98 Å². The molecule has 0 unspecified atom stereocenters. The Morgan fingerprint density at radius 2 is 1.85 bits per heavy atom. The molecule has 0 aliphatic rings. The van der Waals surface area contributed by atoms with Crippen LogP contribution in [-0.2, 0) is 0 Å². The van der Waals surface area contributed by atoms with E-state index in [0.29, 0.717) is 0 Å². The zero-order valence-electron chi connectivity index (χ0n) is 12.0. The van der Waals surface area contributed by atoms with Gasteiger partial charge in [0.15, 0.2) is 0 Å². The molecule has 0 amide bonds. The lowest BCUT2D eigenvalue weighted by Crippen LogP contribution is -2.01. The van der Waals surface area contributed by atoms with Crippen LogP contribution in [0.4, 0.5) is 5.82 Å². The van der Waals surface area contributed by atoms with Crippen LogP contribution in [0.5, 0.6) is 11.5 Å².